The lowest BCUT2D eigenvalue weighted by Crippen LogP contribution is -2.24. The topological polar surface area (TPSA) is 49.8 Å². The van der Waals surface area contributed by atoms with Crippen molar-refractivity contribution in [1.29, 1.82) is 5.26 Å². The molecule has 0 radical (unpaired) electrons. The SMILES string of the molecule is CC(C)C(C#N)C(N)c1ccc(F)c(Cl)c1. The van der Waals surface area contributed by atoms with Gasteiger partial charge in [-0.05, 0) is 23.6 Å². The molecule has 0 aliphatic heterocycles. The van der Waals surface area contributed by atoms with Gasteiger partial charge in [0.05, 0.1) is 17.0 Å². The molecule has 2 atom stereocenters. The Bertz CT molecular complexity index is 412. The lowest BCUT2D eigenvalue weighted by atomic mass is 9.86. The zero-order chi connectivity index (χ0) is 12.3. The van der Waals surface area contributed by atoms with Gasteiger partial charge in [-0.1, -0.05) is 31.5 Å². The molecule has 0 amide bonds. The van der Waals surface area contributed by atoms with Crippen LogP contribution in [0.5, 0.6) is 0 Å². The largest absolute Gasteiger partial charge is 0.323 e. The number of benzene rings is 1. The zero-order valence-electron chi connectivity index (χ0n) is 9.24. The minimum atomic E-state index is -0.476. The van der Waals surface area contributed by atoms with Gasteiger partial charge >= 0.3 is 0 Å². The highest BCUT2D eigenvalue weighted by Crippen LogP contribution is 2.27. The number of halogens is 2. The Morgan fingerprint density at radius 2 is 2.06 bits per heavy atom. The van der Waals surface area contributed by atoms with Gasteiger partial charge in [-0.2, -0.15) is 5.26 Å². The third kappa shape index (κ3) is 2.72. The van der Waals surface area contributed by atoms with Gasteiger partial charge in [0.15, 0.2) is 0 Å². The highest BCUT2D eigenvalue weighted by atomic mass is 35.5. The molecule has 1 aromatic carbocycles. The Morgan fingerprint density at radius 3 is 2.50 bits per heavy atom. The van der Waals surface area contributed by atoms with Crippen LogP contribution in [0.3, 0.4) is 0 Å². The summed E-state index contributed by atoms with van der Waals surface area (Å²) in [5.74, 6) is -0.638. The van der Waals surface area contributed by atoms with Crippen LogP contribution in [0.15, 0.2) is 18.2 Å². The predicted octanol–water partition coefficient (Wildman–Crippen LogP) is 3.27. The smallest absolute Gasteiger partial charge is 0.141 e. The average Bonchev–Trinajstić information content (AvgIpc) is 2.22. The Morgan fingerprint density at radius 1 is 1.44 bits per heavy atom. The maximum atomic E-state index is 13.0. The first-order chi connectivity index (χ1) is 7.47. The number of hydrogen-bond acceptors (Lipinski definition) is 2. The molecule has 0 saturated carbocycles. The van der Waals surface area contributed by atoms with Crippen molar-refractivity contribution < 1.29 is 4.39 Å². The minimum absolute atomic E-state index is 0.0356. The van der Waals surface area contributed by atoms with Crippen LogP contribution >= 0.6 is 11.6 Å². The molecule has 1 rings (SSSR count). The van der Waals surface area contributed by atoms with Crippen LogP contribution in [-0.2, 0) is 0 Å². The third-order valence-corrected chi connectivity index (χ3v) is 2.87. The summed E-state index contributed by atoms with van der Waals surface area (Å²) in [6.45, 7) is 3.86. The van der Waals surface area contributed by atoms with E-state index >= 15 is 0 Å². The van der Waals surface area contributed by atoms with Crippen LogP contribution in [0.25, 0.3) is 0 Å². The molecular weight excluding hydrogens is 227 g/mol. The van der Waals surface area contributed by atoms with E-state index in [9.17, 15) is 4.39 Å². The van der Waals surface area contributed by atoms with Crippen LogP contribution in [0, 0.1) is 29.0 Å². The number of nitrogens with two attached hydrogens (primary N) is 1. The van der Waals surface area contributed by atoms with E-state index in [0.717, 1.165) is 0 Å². The summed E-state index contributed by atoms with van der Waals surface area (Å²) in [6, 6.07) is 6.05. The maximum Gasteiger partial charge on any atom is 0.141 e. The summed E-state index contributed by atoms with van der Waals surface area (Å²) in [6.07, 6.45) is 0. The van der Waals surface area contributed by atoms with Gasteiger partial charge in [-0.15, -0.1) is 0 Å². The molecule has 1 aromatic rings. The van der Waals surface area contributed by atoms with Gasteiger partial charge in [-0.3, -0.25) is 0 Å². The predicted molar refractivity (Wildman–Crippen MR) is 62.3 cm³/mol. The number of nitrogens with zero attached hydrogens (tertiary/aromatic N) is 1. The van der Waals surface area contributed by atoms with Crippen molar-refractivity contribution in [2.75, 3.05) is 0 Å². The average molecular weight is 241 g/mol. The van der Waals surface area contributed by atoms with E-state index in [0.29, 0.717) is 5.56 Å². The molecule has 2 unspecified atom stereocenters. The van der Waals surface area contributed by atoms with E-state index in [1.165, 1.54) is 12.1 Å². The van der Waals surface area contributed by atoms with Gasteiger partial charge in [0.2, 0.25) is 0 Å². The molecule has 0 spiro atoms. The van der Waals surface area contributed by atoms with Crippen molar-refractivity contribution in [1.82, 2.24) is 0 Å². The molecule has 0 aliphatic rings. The molecule has 0 saturated heterocycles. The second-order valence-electron chi connectivity index (χ2n) is 4.10. The van der Waals surface area contributed by atoms with Crippen molar-refractivity contribution in [2.24, 2.45) is 17.6 Å². The Hall–Kier alpha value is -1.11. The van der Waals surface area contributed by atoms with E-state index in [1.54, 1.807) is 6.07 Å². The summed E-state index contributed by atoms with van der Waals surface area (Å²) >= 11 is 5.67. The molecule has 0 aromatic heterocycles. The summed E-state index contributed by atoms with van der Waals surface area (Å²) in [5.41, 5.74) is 6.65. The fraction of sp³-hybridized carbons (Fsp3) is 0.417. The van der Waals surface area contributed by atoms with Gasteiger partial charge in [-0.25, -0.2) is 4.39 Å². The lowest BCUT2D eigenvalue weighted by molar-refractivity contribution is 0.403. The van der Waals surface area contributed by atoms with E-state index in [-0.39, 0.29) is 16.9 Å². The molecule has 0 aliphatic carbocycles. The quantitative estimate of drug-likeness (QED) is 0.882. The maximum absolute atomic E-state index is 13.0. The standard InChI is InChI=1S/C12H14ClFN2/c1-7(2)9(6-15)12(16)8-3-4-11(14)10(13)5-8/h3-5,7,9,12H,16H2,1-2H3. The van der Waals surface area contributed by atoms with Gasteiger partial charge in [0.25, 0.3) is 0 Å². The molecule has 0 fully saturated rings. The van der Waals surface area contributed by atoms with Gasteiger partial charge < -0.3 is 5.73 Å². The molecule has 2 N–H and O–H groups in total. The molecule has 2 nitrogen and oxygen atoms in total. The van der Waals surface area contributed by atoms with Crippen LogP contribution in [0.1, 0.15) is 25.5 Å². The molecule has 0 bridgehead atoms. The van der Waals surface area contributed by atoms with E-state index in [1.807, 2.05) is 13.8 Å². The summed E-state index contributed by atoms with van der Waals surface area (Å²) in [4.78, 5) is 0. The Balaban J connectivity index is 3.00. The summed E-state index contributed by atoms with van der Waals surface area (Å²) in [5, 5.41) is 9.05. The lowest BCUT2D eigenvalue weighted by Gasteiger charge is -2.21. The summed E-state index contributed by atoms with van der Waals surface area (Å²) < 4.78 is 13.0. The van der Waals surface area contributed by atoms with E-state index < -0.39 is 11.9 Å². The second-order valence-corrected chi connectivity index (χ2v) is 4.51. The van der Waals surface area contributed by atoms with Crippen LogP contribution in [0.4, 0.5) is 4.39 Å². The van der Waals surface area contributed by atoms with Crippen molar-refractivity contribution in [2.45, 2.75) is 19.9 Å². The number of rotatable bonds is 3. The monoisotopic (exact) mass is 240 g/mol. The fourth-order valence-corrected chi connectivity index (χ4v) is 1.76. The van der Waals surface area contributed by atoms with Gasteiger partial charge in [0, 0.05) is 6.04 Å². The fourth-order valence-electron chi connectivity index (χ4n) is 1.57. The van der Waals surface area contributed by atoms with Crippen molar-refractivity contribution in [3.63, 3.8) is 0 Å². The molecule has 16 heavy (non-hydrogen) atoms. The normalized spacial score (nSPS) is 14.6. The Kier molecular flexibility index (Phi) is 4.28. The third-order valence-electron chi connectivity index (χ3n) is 2.58. The molecule has 86 valence electrons. The first-order valence-electron chi connectivity index (χ1n) is 5.07. The minimum Gasteiger partial charge on any atom is -0.323 e. The first kappa shape index (κ1) is 13.0. The molecular formula is C12H14ClFN2. The Labute approximate surface area is 99.8 Å². The zero-order valence-corrected chi connectivity index (χ0v) is 10.0. The highest BCUT2D eigenvalue weighted by Gasteiger charge is 2.22. The first-order valence-corrected chi connectivity index (χ1v) is 5.45. The summed E-state index contributed by atoms with van der Waals surface area (Å²) in [7, 11) is 0. The van der Waals surface area contributed by atoms with Crippen LogP contribution in [0.2, 0.25) is 5.02 Å². The van der Waals surface area contributed by atoms with Crippen LogP contribution < -0.4 is 5.73 Å². The van der Waals surface area contributed by atoms with Gasteiger partial charge in [0.1, 0.15) is 5.82 Å². The highest BCUT2D eigenvalue weighted by molar-refractivity contribution is 6.30. The molecule has 4 heteroatoms. The van der Waals surface area contributed by atoms with Crippen molar-refractivity contribution in [3.8, 4) is 6.07 Å². The number of nitriles is 1. The van der Waals surface area contributed by atoms with E-state index in [4.69, 9.17) is 22.6 Å². The van der Waals surface area contributed by atoms with Crippen LogP contribution in [-0.4, -0.2) is 0 Å². The van der Waals surface area contributed by atoms with Crippen molar-refractivity contribution in [3.05, 3.63) is 34.6 Å². The number of hydrogen-bond donors (Lipinski definition) is 1. The van der Waals surface area contributed by atoms with Crippen molar-refractivity contribution >= 4 is 11.6 Å². The molecule has 0 heterocycles. The second kappa shape index (κ2) is 5.29. The van der Waals surface area contributed by atoms with E-state index in [2.05, 4.69) is 6.07 Å².